The Morgan fingerprint density at radius 3 is 2.50 bits per heavy atom. The molecule has 0 fully saturated rings. The van der Waals surface area contributed by atoms with Gasteiger partial charge in [-0.1, -0.05) is 36.2 Å². The van der Waals surface area contributed by atoms with Crippen LogP contribution in [-0.2, 0) is 11.3 Å². The molecule has 0 bridgehead atoms. The first kappa shape index (κ1) is 20.2. The summed E-state index contributed by atoms with van der Waals surface area (Å²) in [4.78, 5) is 38.6. The molecule has 1 N–H and O–H groups in total. The summed E-state index contributed by atoms with van der Waals surface area (Å²) in [6, 6.07) is 11.0. The lowest BCUT2D eigenvalue weighted by Gasteiger charge is -2.16. The van der Waals surface area contributed by atoms with Crippen molar-refractivity contribution >= 4 is 40.0 Å². The van der Waals surface area contributed by atoms with Crippen LogP contribution in [0.1, 0.15) is 20.3 Å². The number of rotatable bonds is 5. The molecule has 0 aliphatic rings. The summed E-state index contributed by atoms with van der Waals surface area (Å²) in [5, 5.41) is 3.86. The Morgan fingerprint density at radius 1 is 1.11 bits per heavy atom. The molecule has 3 rings (SSSR count). The van der Waals surface area contributed by atoms with Gasteiger partial charge in [0.2, 0.25) is 5.91 Å². The number of hydrogen-bond donors (Lipinski definition) is 1. The zero-order valence-electron chi connectivity index (χ0n) is 15.4. The second kappa shape index (κ2) is 8.20. The van der Waals surface area contributed by atoms with Gasteiger partial charge in [0.15, 0.2) is 0 Å². The summed E-state index contributed by atoms with van der Waals surface area (Å²) in [7, 11) is 0. The van der Waals surface area contributed by atoms with Gasteiger partial charge in [0, 0.05) is 16.1 Å². The monoisotopic (exact) mass is 419 g/mol. The summed E-state index contributed by atoms with van der Waals surface area (Å²) in [6.07, 6.45) is 0.759. The van der Waals surface area contributed by atoms with Gasteiger partial charge in [-0.15, -0.1) is 0 Å². The molecule has 1 heterocycles. The summed E-state index contributed by atoms with van der Waals surface area (Å²) >= 11 is 12.1. The van der Waals surface area contributed by atoms with Crippen molar-refractivity contribution in [2.24, 2.45) is 0 Å². The highest BCUT2D eigenvalue weighted by Crippen LogP contribution is 2.17. The van der Waals surface area contributed by atoms with Crippen molar-refractivity contribution in [3.63, 3.8) is 0 Å². The second-order valence-corrected chi connectivity index (χ2v) is 7.40. The van der Waals surface area contributed by atoms with E-state index in [0.717, 1.165) is 11.0 Å². The Hall–Kier alpha value is -2.57. The van der Waals surface area contributed by atoms with Crippen molar-refractivity contribution in [1.29, 1.82) is 0 Å². The van der Waals surface area contributed by atoms with Gasteiger partial charge < -0.3 is 5.32 Å². The maximum atomic E-state index is 13.2. The third-order valence-corrected chi connectivity index (χ3v) is 4.96. The first-order valence-corrected chi connectivity index (χ1v) is 9.57. The Morgan fingerprint density at radius 2 is 1.82 bits per heavy atom. The normalized spacial score (nSPS) is 12.1. The average Bonchev–Trinajstić information content (AvgIpc) is 2.65. The molecule has 1 aromatic heterocycles. The van der Waals surface area contributed by atoms with Crippen LogP contribution in [0, 0.1) is 0 Å². The number of hydrogen-bond acceptors (Lipinski definition) is 3. The topological polar surface area (TPSA) is 73.1 Å². The van der Waals surface area contributed by atoms with Crippen LogP contribution in [0.5, 0.6) is 0 Å². The maximum Gasteiger partial charge on any atom is 0.336 e. The predicted octanol–water partition coefficient (Wildman–Crippen LogP) is 3.37. The van der Waals surface area contributed by atoms with Crippen LogP contribution >= 0.6 is 23.2 Å². The number of fused-ring (bicyclic) bond motifs is 1. The molecule has 0 saturated heterocycles. The van der Waals surface area contributed by atoms with Crippen LogP contribution in [-0.4, -0.2) is 21.1 Å². The third-order valence-electron chi connectivity index (χ3n) is 4.49. The Balaban J connectivity index is 2.26. The molecule has 1 atom stereocenters. The average molecular weight is 420 g/mol. The standard InChI is InChI=1S/C20H19Cl2N3O3/c1-3-12(2)23-18(26)11-24-17-10-14(22)7-8-16(17)19(27)25(20(24)28)15-6-4-5-13(21)9-15/h4-10,12H,3,11H2,1-2H3,(H,23,26). The second-order valence-electron chi connectivity index (χ2n) is 6.53. The van der Waals surface area contributed by atoms with Gasteiger partial charge in [-0.3, -0.25) is 14.2 Å². The third kappa shape index (κ3) is 3.98. The fourth-order valence-electron chi connectivity index (χ4n) is 2.90. The van der Waals surface area contributed by atoms with E-state index in [1.54, 1.807) is 30.3 Å². The molecule has 28 heavy (non-hydrogen) atoms. The van der Waals surface area contributed by atoms with Crippen molar-refractivity contribution < 1.29 is 4.79 Å². The van der Waals surface area contributed by atoms with E-state index >= 15 is 0 Å². The largest absolute Gasteiger partial charge is 0.352 e. The van der Waals surface area contributed by atoms with E-state index < -0.39 is 11.2 Å². The summed E-state index contributed by atoms with van der Waals surface area (Å²) in [5.41, 5.74) is -0.505. The van der Waals surface area contributed by atoms with Crippen LogP contribution < -0.4 is 16.6 Å². The lowest BCUT2D eigenvalue weighted by atomic mass is 10.2. The molecule has 1 amide bonds. The lowest BCUT2D eigenvalue weighted by molar-refractivity contribution is -0.122. The minimum Gasteiger partial charge on any atom is -0.352 e. The Labute approximate surface area is 171 Å². The highest BCUT2D eigenvalue weighted by Gasteiger charge is 2.17. The van der Waals surface area contributed by atoms with Crippen LogP contribution in [0.25, 0.3) is 16.6 Å². The van der Waals surface area contributed by atoms with Crippen molar-refractivity contribution in [2.75, 3.05) is 0 Å². The zero-order chi connectivity index (χ0) is 20.4. The predicted molar refractivity (Wildman–Crippen MR) is 112 cm³/mol. The maximum absolute atomic E-state index is 13.2. The number of carbonyl (C=O) groups excluding carboxylic acids is 1. The van der Waals surface area contributed by atoms with Gasteiger partial charge in [0.1, 0.15) is 6.54 Å². The molecule has 3 aromatic rings. The van der Waals surface area contributed by atoms with E-state index in [1.807, 2.05) is 13.8 Å². The van der Waals surface area contributed by atoms with Crippen molar-refractivity contribution in [3.8, 4) is 5.69 Å². The van der Waals surface area contributed by atoms with Crippen LogP contribution in [0.3, 0.4) is 0 Å². The molecule has 146 valence electrons. The SMILES string of the molecule is CCC(C)NC(=O)Cn1c(=O)n(-c2cccc(Cl)c2)c(=O)c2ccc(Cl)cc21. The highest BCUT2D eigenvalue weighted by molar-refractivity contribution is 6.31. The number of aromatic nitrogens is 2. The molecule has 6 nitrogen and oxygen atoms in total. The molecule has 0 saturated carbocycles. The summed E-state index contributed by atoms with van der Waals surface area (Å²) < 4.78 is 2.26. The molecule has 1 unspecified atom stereocenters. The van der Waals surface area contributed by atoms with Gasteiger partial charge in [0.05, 0.1) is 16.6 Å². The smallest absolute Gasteiger partial charge is 0.336 e. The van der Waals surface area contributed by atoms with E-state index in [4.69, 9.17) is 23.2 Å². The quantitative estimate of drug-likeness (QED) is 0.688. The van der Waals surface area contributed by atoms with Gasteiger partial charge in [0.25, 0.3) is 5.56 Å². The van der Waals surface area contributed by atoms with E-state index in [1.165, 1.54) is 16.7 Å². The van der Waals surface area contributed by atoms with E-state index in [-0.39, 0.29) is 23.9 Å². The minimum atomic E-state index is -0.638. The number of carbonyl (C=O) groups is 1. The molecular weight excluding hydrogens is 401 g/mol. The van der Waals surface area contributed by atoms with Gasteiger partial charge in [-0.2, -0.15) is 0 Å². The fraction of sp³-hybridized carbons (Fsp3) is 0.250. The van der Waals surface area contributed by atoms with Crippen LogP contribution in [0.4, 0.5) is 0 Å². The highest BCUT2D eigenvalue weighted by atomic mass is 35.5. The lowest BCUT2D eigenvalue weighted by Crippen LogP contribution is -2.43. The molecular formula is C20H19Cl2N3O3. The molecule has 0 aliphatic carbocycles. The van der Waals surface area contributed by atoms with Crippen LogP contribution in [0.15, 0.2) is 52.1 Å². The zero-order valence-corrected chi connectivity index (χ0v) is 16.9. The Kier molecular flexibility index (Phi) is 5.91. The molecule has 0 spiro atoms. The van der Waals surface area contributed by atoms with Gasteiger partial charge in [-0.05, 0) is 49.7 Å². The fourth-order valence-corrected chi connectivity index (χ4v) is 3.25. The number of nitrogens with zero attached hydrogens (tertiary/aromatic N) is 2. The van der Waals surface area contributed by atoms with Gasteiger partial charge >= 0.3 is 5.69 Å². The van der Waals surface area contributed by atoms with E-state index in [0.29, 0.717) is 21.2 Å². The summed E-state index contributed by atoms with van der Waals surface area (Å²) in [6.45, 7) is 3.59. The number of amides is 1. The molecule has 0 radical (unpaired) electrons. The van der Waals surface area contributed by atoms with Gasteiger partial charge in [-0.25, -0.2) is 9.36 Å². The van der Waals surface area contributed by atoms with Crippen LogP contribution in [0.2, 0.25) is 10.0 Å². The van der Waals surface area contributed by atoms with E-state index in [9.17, 15) is 14.4 Å². The molecule has 8 heteroatoms. The number of nitrogens with one attached hydrogen (secondary N) is 1. The summed E-state index contributed by atoms with van der Waals surface area (Å²) in [5.74, 6) is -0.325. The van der Waals surface area contributed by atoms with Crippen molar-refractivity contribution in [3.05, 3.63) is 73.3 Å². The molecule has 0 aliphatic heterocycles. The molecule has 2 aromatic carbocycles. The minimum absolute atomic E-state index is 0.0307. The number of benzene rings is 2. The first-order chi connectivity index (χ1) is 13.3. The Bertz CT molecular complexity index is 1170. The van der Waals surface area contributed by atoms with Crippen molar-refractivity contribution in [1.82, 2.24) is 14.5 Å². The number of halogens is 2. The van der Waals surface area contributed by atoms with E-state index in [2.05, 4.69) is 5.32 Å². The van der Waals surface area contributed by atoms with Crippen molar-refractivity contribution in [2.45, 2.75) is 32.9 Å². The first-order valence-electron chi connectivity index (χ1n) is 8.82.